The van der Waals surface area contributed by atoms with Crippen LogP contribution in [0.3, 0.4) is 0 Å². The first-order chi connectivity index (χ1) is 11.4. The van der Waals surface area contributed by atoms with Gasteiger partial charge in [-0.3, -0.25) is 9.69 Å². The van der Waals surface area contributed by atoms with Gasteiger partial charge in [-0.1, -0.05) is 36.1 Å². The molecule has 1 aromatic rings. The molecule has 0 aliphatic carbocycles. The topological polar surface area (TPSA) is 76.1 Å². The van der Waals surface area contributed by atoms with Gasteiger partial charge in [0.1, 0.15) is 10.4 Å². The number of thioether (sulfide) groups is 1. The number of benzene rings is 1. The van der Waals surface area contributed by atoms with Crippen LogP contribution >= 0.6 is 24.0 Å². The van der Waals surface area contributed by atoms with Crippen LogP contribution in [0.5, 0.6) is 11.5 Å². The molecule has 8 heteroatoms. The summed E-state index contributed by atoms with van der Waals surface area (Å²) < 4.78 is 11.1. The van der Waals surface area contributed by atoms with Crippen molar-refractivity contribution in [3.63, 3.8) is 0 Å². The minimum atomic E-state index is -1.11. The van der Waals surface area contributed by atoms with Gasteiger partial charge in [0, 0.05) is 5.56 Å². The third-order valence-electron chi connectivity index (χ3n) is 3.37. The van der Waals surface area contributed by atoms with Gasteiger partial charge < -0.3 is 14.6 Å². The fourth-order valence-corrected chi connectivity index (χ4v) is 3.58. The number of thiocarbonyl (C=S) groups is 1. The van der Waals surface area contributed by atoms with Gasteiger partial charge in [0.25, 0.3) is 5.91 Å². The second-order valence-corrected chi connectivity index (χ2v) is 6.55. The van der Waals surface area contributed by atoms with Gasteiger partial charge in [-0.2, -0.15) is 0 Å². The largest absolute Gasteiger partial charge is 0.493 e. The number of carboxylic acids is 1. The molecule has 128 valence electrons. The van der Waals surface area contributed by atoms with E-state index >= 15 is 0 Å². The molecule has 0 bridgehead atoms. The lowest BCUT2D eigenvalue weighted by Gasteiger charge is -2.18. The van der Waals surface area contributed by atoms with E-state index in [-0.39, 0.29) is 4.32 Å². The average molecular weight is 367 g/mol. The summed E-state index contributed by atoms with van der Waals surface area (Å²) in [7, 11) is 1.54. The Balaban J connectivity index is 2.41. The Morgan fingerprint density at radius 2 is 2.21 bits per heavy atom. The number of para-hydroxylation sites is 1. The van der Waals surface area contributed by atoms with Crippen molar-refractivity contribution >= 4 is 46.3 Å². The maximum absolute atomic E-state index is 12.5. The molecule has 1 aliphatic heterocycles. The predicted octanol–water partition coefficient (Wildman–Crippen LogP) is 2.77. The van der Waals surface area contributed by atoms with Crippen molar-refractivity contribution in [2.24, 2.45) is 0 Å². The molecule has 1 saturated heterocycles. The van der Waals surface area contributed by atoms with Gasteiger partial charge in [0.05, 0.1) is 18.6 Å². The quantitative estimate of drug-likeness (QED) is 0.612. The van der Waals surface area contributed by atoms with Gasteiger partial charge >= 0.3 is 5.97 Å². The Kier molecular flexibility index (Phi) is 5.84. The molecule has 6 nitrogen and oxygen atoms in total. The van der Waals surface area contributed by atoms with Crippen LogP contribution in [0, 0.1) is 0 Å². The molecular formula is C16H17NO5S2. The molecule has 24 heavy (non-hydrogen) atoms. The fraction of sp³-hybridized carbons (Fsp3) is 0.312. The summed E-state index contributed by atoms with van der Waals surface area (Å²) in [5, 5.41) is 9.12. The maximum Gasteiger partial charge on any atom is 0.326 e. The van der Waals surface area contributed by atoms with Crippen molar-refractivity contribution in [1.29, 1.82) is 0 Å². The van der Waals surface area contributed by atoms with E-state index in [2.05, 4.69) is 0 Å². The molecule has 0 saturated carbocycles. The number of aliphatic carboxylic acids is 1. The highest BCUT2D eigenvalue weighted by molar-refractivity contribution is 8.26. The van der Waals surface area contributed by atoms with Gasteiger partial charge in [-0.05, 0) is 26.0 Å². The SMILES string of the molecule is CCOc1c(/C=C2\SC(=S)N([C@H](C)C(=O)O)C2=O)cccc1OC. The first-order valence-electron chi connectivity index (χ1n) is 7.20. The van der Waals surface area contributed by atoms with E-state index in [4.69, 9.17) is 26.8 Å². The van der Waals surface area contributed by atoms with E-state index in [1.54, 1.807) is 24.3 Å². The molecule has 0 aromatic heterocycles. The molecule has 0 spiro atoms. The van der Waals surface area contributed by atoms with Crippen LogP contribution in [0.2, 0.25) is 0 Å². The van der Waals surface area contributed by atoms with Gasteiger partial charge in [0.2, 0.25) is 0 Å². The second-order valence-electron chi connectivity index (χ2n) is 4.88. The molecule has 0 radical (unpaired) electrons. The Bertz CT molecular complexity index is 716. The number of rotatable bonds is 6. The average Bonchev–Trinajstić information content (AvgIpc) is 2.82. The number of nitrogens with zero attached hydrogens (tertiary/aromatic N) is 1. The minimum absolute atomic E-state index is 0.224. The van der Waals surface area contributed by atoms with E-state index in [1.165, 1.54) is 14.0 Å². The molecule has 1 heterocycles. The Labute approximate surface area is 149 Å². The Morgan fingerprint density at radius 1 is 1.50 bits per heavy atom. The first kappa shape index (κ1) is 18.3. The molecule has 1 aromatic carbocycles. The van der Waals surface area contributed by atoms with Crippen LogP contribution in [0.1, 0.15) is 19.4 Å². The number of ether oxygens (including phenoxy) is 2. The van der Waals surface area contributed by atoms with Crippen molar-refractivity contribution in [3.05, 3.63) is 28.7 Å². The summed E-state index contributed by atoms with van der Waals surface area (Å²) in [5.41, 5.74) is 0.666. The number of methoxy groups -OCH3 is 1. The lowest BCUT2D eigenvalue weighted by atomic mass is 10.1. The summed E-state index contributed by atoms with van der Waals surface area (Å²) in [4.78, 5) is 25.1. The molecule has 1 N–H and O–H groups in total. The zero-order valence-corrected chi connectivity index (χ0v) is 15.1. The van der Waals surface area contributed by atoms with Crippen LogP contribution in [-0.4, -0.2) is 46.0 Å². The number of amides is 1. The van der Waals surface area contributed by atoms with Crippen LogP contribution in [0.15, 0.2) is 23.1 Å². The van der Waals surface area contributed by atoms with Crippen LogP contribution in [0.25, 0.3) is 6.08 Å². The summed E-state index contributed by atoms with van der Waals surface area (Å²) >= 11 is 6.22. The number of carbonyl (C=O) groups excluding carboxylic acids is 1. The minimum Gasteiger partial charge on any atom is -0.493 e. The number of carbonyl (C=O) groups is 2. The summed E-state index contributed by atoms with van der Waals surface area (Å²) in [6.45, 7) is 3.72. The summed E-state index contributed by atoms with van der Waals surface area (Å²) in [6.07, 6.45) is 1.64. The standard InChI is InChI=1S/C16H17NO5S2/c1-4-22-13-10(6-5-7-11(13)21-3)8-12-14(18)17(16(23)24-12)9(2)15(19)20/h5-9H,4H2,1-3H3,(H,19,20)/b12-8-/t9-/m1/s1. The molecule has 0 unspecified atom stereocenters. The molecule has 1 atom stereocenters. The molecule has 2 rings (SSSR count). The van der Waals surface area contributed by atoms with Crippen molar-refractivity contribution in [1.82, 2.24) is 4.90 Å². The second kappa shape index (κ2) is 7.67. The van der Waals surface area contributed by atoms with Gasteiger partial charge in [-0.25, -0.2) is 4.79 Å². The van der Waals surface area contributed by atoms with E-state index in [9.17, 15) is 9.59 Å². The summed E-state index contributed by atoms with van der Waals surface area (Å²) in [5.74, 6) is -0.451. The predicted molar refractivity (Wildman–Crippen MR) is 96.3 cm³/mol. The van der Waals surface area contributed by atoms with E-state index in [0.717, 1.165) is 16.7 Å². The van der Waals surface area contributed by atoms with E-state index in [1.807, 2.05) is 6.92 Å². The van der Waals surface area contributed by atoms with Crippen LogP contribution in [-0.2, 0) is 9.59 Å². The Morgan fingerprint density at radius 3 is 2.79 bits per heavy atom. The molecule has 1 fully saturated rings. The number of hydrogen-bond donors (Lipinski definition) is 1. The van der Waals surface area contributed by atoms with E-state index in [0.29, 0.717) is 28.6 Å². The smallest absolute Gasteiger partial charge is 0.326 e. The zero-order chi connectivity index (χ0) is 17.9. The van der Waals surface area contributed by atoms with Crippen molar-refractivity contribution in [2.45, 2.75) is 19.9 Å². The van der Waals surface area contributed by atoms with Gasteiger partial charge in [-0.15, -0.1) is 0 Å². The Hall–Kier alpha value is -2.06. The summed E-state index contributed by atoms with van der Waals surface area (Å²) in [6, 6.07) is 4.33. The maximum atomic E-state index is 12.5. The third-order valence-corrected chi connectivity index (χ3v) is 4.70. The lowest BCUT2D eigenvalue weighted by molar-refractivity contribution is -0.144. The normalized spacial score (nSPS) is 17.3. The molecular weight excluding hydrogens is 350 g/mol. The highest BCUT2D eigenvalue weighted by Gasteiger charge is 2.38. The molecule has 1 amide bonds. The van der Waals surface area contributed by atoms with Crippen LogP contribution in [0.4, 0.5) is 0 Å². The van der Waals surface area contributed by atoms with Gasteiger partial charge in [0.15, 0.2) is 11.5 Å². The number of carboxylic acid groups (broad SMARTS) is 1. The monoisotopic (exact) mass is 367 g/mol. The lowest BCUT2D eigenvalue weighted by Crippen LogP contribution is -2.41. The van der Waals surface area contributed by atoms with Crippen molar-refractivity contribution in [3.8, 4) is 11.5 Å². The first-order valence-corrected chi connectivity index (χ1v) is 8.42. The molecule has 1 aliphatic rings. The van der Waals surface area contributed by atoms with Crippen LogP contribution < -0.4 is 9.47 Å². The number of hydrogen-bond acceptors (Lipinski definition) is 6. The van der Waals surface area contributed by atoms with Crippen molar-refractivity contribution < 1.29 is 24.2 Å². The highest BCUT2D eigenvalue weighted by Crippen LogP contribution is 2.38. The third kappa shape index (κ3) is 3.54. The fourth-order valence-electron chi connectivity index (χ4n) is 2.17. The van der Waals surface area contributed by atoms with Crippen molar-refractivity contribution in [2.75, 3.05) is 13.7 Å². The van der Waals surface area contributed by atoms with E-state index < -0.39 is 17.9 Å². The zero-order valence-electron chi connectivity index (χ0n) is 13.4. The highest BCUT2D eigenvalue weighted by atomic mass is 32.2.